The topological polar surface area (TPSA) is 24.9 Å². The van der Waals surface area contributed by atoms with E-state index in [9.17, 15) is 0 Å². The highest BCUT2D eigenvalue weighted by molar-refractivity contribution is 8.01. The van der Waals surface area contributed by atoms with Crippen LogP contribution in [0.25, 0.3) is 0 Å². The molecular formula is C13H24N2S2. The molecule has 1 rings (SSSR count). The number of hydrogen-bond donors (Lipinski definition) is 1. The Labute approximate surface area is 114 Å². The third kappa shape index (κ3) is 7.06. The monoisotopic (exact) mass is 272 g/mol. The van der Waals surface area contributed by atoms with Crippen LogP contribution < -0.4 is 5.32 Å². The van der Waals surface area contributed by atoms with Crippen LogP contribution in [0.15, 0.2) is 9.72 Å². The molecule has 0 saturated carbocycles. The van der Waals surface area contributed by atoms with E-state index in [0.29, 0.717) is 6.04 Å². The van der Waals surface area contributed by atoms with E-state index in [1.165, 1.54) is 30.0 Å². The molecule has 17 heavy (non-hydrogen) atoms. The maximum Gasteiger partial charge on any atom is 0.150 e. The smallest absolute Gasteiger partial charge is 0.150 e. The summed E-state index contributed by atoms with van der Waals surface area (Å²) in [5.74, 6) is 1.12. The van der Waals surface area contributed by atoms with Gasteiger partial charge in [-0.3, -0.25) is 0 Å². The van der Waals surface area contributed by atoms with E-state index < -0.39 is 0 Å². The van der Waals surface area contributed by atoms with Crippen LogP contribution >= 0.6 is 23.1 Å². The third-order valence-corrected chi connectivity index (χ3v) is 4.80. The van der Waals surface area contributed by atoms with Gasteiger partial charge < -0.3 is 5.32 Å². The summed E-state index contributed by atoms with van der Waals surface area (Å²) in [5, 5.41) is 5.69. The molecule has 0 saturated heterocycles. The molecule has 1 atom stereocenters. The van der Waals surface area contributed by atoms with Gasteiger partial charge in [-0.05, 0) is 20.3 Å². The molecule has 1 unspecified atom stereocenters. The van der Waals surface area contributed by atoms with Crippen molar-refractivity contribution < 1.29 is 0 Å². The predicted octanol–water partition coefficient (Wildman–Crippen LogP) is 4.10. The summed E-state index contributed by atoms with van der Waals surface area (Å²) in [6, 6.07) is 0.653. The highest BCUT2D eigenvalue weighted by atomic mass is 32.2. The molecule has 0 aliphatic rings. The van der Waals surface area contributed by atoms with E-state index in [1.54, 1.807) is 11.3 Å². The molecule has 0 aromatic carbocycles. The fourth-order valence-electron chi connectivity index (χ4n) is 1.64. The van der Waals surface area contributed by atoms with Crippen molar-refractivity contribution in [1.82, 2.24) is 10.3 Å². The van der Waals surface area contributed by atoms with Crippen molar-refractivity contribution in [3.05, 3.63) is 11.1 Å². The average molecular weight is 272 g/mol. The van der Waals surface area contributed by atoms with Gasteiger partial charge in [0.2, 0.25) is 0 Å². The van der Waals surface area contributed by atoms with E-state index >= 15 is 0 Å². The van der Waals surface area contributed by atoms with Crippen molar-refractivity contribution in [2.75, 3.05) is 12.3 Å². The summed E-state index contributed by atoms with van der Waals surface area (Å²) in [4.78, 5) is 4.44. The second-order valence-electron chi connectivity index (χ2n) is 4.45. The second-order valence-corrected chi connectivity index (χ2v) is 6.65. The molecule has 1 N–H and O–H groups in total. The molecule has 1 aromatic heterocycles. The lowest BCUT2D eigenvalue weighted by Gasteiger charge is -2.12. The maximum atomic E-state index is 4.44. The number of aryl methyl sites for hydroxylation is 1. The maximum absolute atomic E-state index is 4.44. The standard InChI is InChI=1S/C13H24N2S2/c1-4-5-6-7-11(2)14-8-9-16-13-15-12(3)10-17-13/h10-11,14H,4-9H2,1-3H3. The molecule has 0 amide bonds. The zero-order valence-corrected chi connectivity index (χ0v) is 12.8. The van der Waals surface area contributed by atoms with E-state index in [-0.39, 0.29) is 0 Å². The van der Waals surface area contributed by atoms with Crippen molar-refractivity contribution >= 4 is 23.1 Å². The normalized spacial score (nSPS) is 12.9. The largest absolute Gasteiger partial charge is 0.313 e. The van der Waals surface area contributed by atoms with E-state index in [1.807, 2.05) is 11.8 Å². The third-order valence-electron chi connectivity index (χ3n) is 2.66. The van der Waals surface area contributed by atoms with Gasteiger partial charge in [-0.2, -0.15) is 0 Å². The van der Waals surface area contributed by atoms with Crippen molar-refractivity contribution in [3.8, 4) is 0 Å². The Morgan fingerprint density at radius 2 is 2.29 bits per heavy atom. The first-order chi connectivity index (χ1) is 8.22. The van der Waals surface area contributed by atoms with Crippen molar-refractivity contribution in [1.29, 1.82) is 0 Å². The van der Waals surface area contributed by atoms with E-state index in [2.05, 4.69) is 36.5 Å². The first-order valence-electron chi connectivity index (χ1n) is 6.50. The number of nitrogens with one attached hydrogen (secondary N) is 1. The number of hydrogen-bond acceptors (Lipinski definition) is 4. The van der Waals surface area contributed by atoms with Crippen LogP contribution in [0.2, 0.25) is 0 Å². The number of thiazole rings is 1. The van der Waals surface area contributed by atoms with Gasteiger partial charge in [0.25, 0.3) is 0 Å². The zero-order valence-electron chi connectivity index (χ0n) is 11.2. The number of nitrogens with zero attached hydrogens (tertiary/aromatic N) is 1. The summed E-state index contributed by atoms with van der Waals surface area (Å²) < 4.78 is 1.20. The molecule has 4 heteroatoms. The average Bonchev–Trinajstić information content (AvgIpc) is 2.71. The SMILES string of the molecule is CCCCCC(C)NCCSc1nc(C)cs1. The van der Waals surface area contributed by atoms with Gasteiger partial charge >= 0.3 is 0 Å². The molecular weight excluding hydrogens is 248 g/mol. The summed E-state index contributed by atoms with van der Waals surface area (Å²) in [6.07, 6.45) is 5.32. The number of thioether (sulfide) groups is 1. The van der Waals surface area contributed by atoms with Gasteiger partial charge in [0.1, 0.15) is 4.34 Å². The van der Waals surface area contributed by atoms with E-state index in [4.69, 9.17) is 0 Å². The Balaban J connectivity index is 2.00. The Bertz CT molecular complexity index is 299. The van der Waals surface area contributed by atoms with Crippen LogP contribution in [0.5, 0.6) is 0 Å². The summed E-state index contributed by atoms with van der Waals surface area (Å²) in [7, 11) is 0. The number of rotatable bonds is 9. The summed E-state index contributed by atoms with van der Waals surface area (Å²) in [6.45, 7) is 7.67. The number of aromatic nitrogens is 1. The lowest BCUT2D eigenvalue weighted by molar-refractivity contribution is 0.502. The first-order valence-corrected chi connectivity index (χ1v) is 8.37. The van der Waals surface area contributed by atoms with Crippen LogP contribution in [0, 0.1) is 6.92 Å². The number of unbranched alkanes of at least 4 members (excludes halogenated alkanes) is 2. The first kappa shape index (κ1) is 15.0. The summed E-state index contributed by atoms with van der Waals surface area (Å²) in [5.41, 5.74) is 1.14. The molecule has 0 aliphatic heterocycles. The van der Waals surface area contributed by atoms with Gasteiger partial charge in [0.05, 0.1) is 0 Å². The van der Waals surface area contributed by atoms with E-state index in [0.717, 1.165) is 18.0 Å². The molecule has 0 bridgehead atoms. The lowest BCUT2D eigenvalue weighted by atomic mass is 10.1. The molecule has 0 fully saturated rings. The van der Waals surface area contributed by atoms with Gasteiger partial charge in [-0.1, -0.05) is 37.9 Å². The Morgan fingerprint density at radius 3 is 2.94 bits per heavy atom. The minimum atomic E-state index is 0.653. The van der Waals surface area contributed by atoms with Crippen LogP contribution in [-0.2, 0) is 0 Å². The highest BCUT2D eigenvalue weighted by Gasteiger charge is 2.02. The predicted molar refractivity (Wildman–Crippen MR) is 79.2 cm³/mol. The molecule has 0 aliphatic carbocycles. The lowest BCUT2D eigenvalue weighted by Crippen LogP contribution is -2.28. The van der Waals surface area contributed by atoms with Crippen molar-refractivity contribution in [2.45, 2.75) is 56.8 Å². The van der Waals surface area contributed by atoms with Crippen molar-refractivity contribution in [2.24, 2.45) is 0 Å². The quantitative estimate of drug-likeness (QED) is 0.541. The highest BCUT2D eigenvalue weighted by Crippen LogP contribution is 2.21. The van der Waals surface area contributed by atoms with Crippen LogP contribution in [0.1, 0.15) is 45.2 Å². The Kier molecular flexibility index (Phi) is 7.90. The Hall–Kier alpha value is -0.0600. The molecule has 0 spiro atoms. The molecule has 1 heterocycles. The second kappa shape index (κ2) is 8.95. The van der Waals surface area contributed by atoms with Gasteiger partial charge in [-0.25, -0.2) is 4.98 Å². The minimum absolute atomic E-state index is 0.653. The molecule has 2 nitrogen and oxygen atoms in total. The molecule has 98 valence electrons. The van der Waals surface area contributed by atoms with Gasteiger partial charge in [0.15, 0.2) is 0 Å². The fraction of sp³-hybridized carbons (Fsp3) is 0.769. The van der Waals surface area contributed by atoms with Gasteiger partial charge in [-0.15, -0.1) is 11.3 Å². The summed E-state index contributed by atoms with van der Waals surface area (Å²) >= 11 is 3.61. The zero-order chi connectivity index (χ0) is 12.5. The Morgan fingerprint density at radius 1 is 1.47 bits per heavy atom. The van der Waals surface area contributed by atoms with Crippen molar-refractivity contribution in [3.63, 3.8) is 0 Å². The van der Waals surface area contributed by atoms with Crippen LogP contribution in [0.4, 0.5) is 0 Å². The molecule has 0 radical (unpaired) electrons. The fourth-order valence-corrected chi connectivity index (χ4v) is 3.44. The molecule has 1 aromatic rings. The van der Waals surface area contributed by atoms with Gasteiger partial charge in [0, 0.05) is 29.4 Å². The minimum Gasteiger partial charge on any atom is -0.313 e. The van der Waals surface area contributed by atoms with Crippen LogP contribution in [-0.4, -0.2) is 23.3 Å². The van der Waals surface area contributed by atoms with Crippen LogP contribution in [0.3, 0.4) is 0 Å².